The van der Waals surface area contributed by atoms with Crippen LogP contribution < -0.4 is 4.74 Å². The Labute approximate surface area is 138 Å². The minimum absolute atomic E-state index is 0.144. The Morgan fingerprint density at radius 1 is 1.26 bits per heavy atom. The zero-order valence-corrected chi connectivity index (χ0v) is 14.6. The molecule has 0 bridgehead atoms. The summed E-state index contributed by atoms with van der Waals surface area (Å²) in [4.78, 5) is 13.9. The van der Waals surface area contributed by atoms with Gasteiger partial charge in [0.15, 0.2) is 9.84 Å². The molecule has 0 heterocycles. The third-order valence-corrected chi connectivity index (χ3v) is 5.84. The predicted octanol–water partition coefficient (Wildman–Crippen LogP) is 2.40. The molecule has 1 amide bonds. The molecule has 128 valence electrons. The summed E-state index contributed by atoms with van der Waals surface area (Å²) in [6.07, 6.45) is 5.36. The summed E-state index contributed by atoms with van der Waals surface area (Å²) in [5.74, 6) is -0.269. The number of hydrogen-bond acceptors (Lipinski definition) is 4. The lowest BCUT2D eigenvalue weighted by Gasteiger charge is -2.31. The van der Waals surface area contributed by atoms with Crippen LogP contribution in [0.5, 0.6) is 5.75 Å². The minimum Gasteiger partial charge on any atom is -0.497 e. The zero-order valence-electron chi connectivity index (χ0n) is 13.8. The molecule has 23 heavy (non-hydrogen) atoms. The summed E-state index contributed by atoms with van der Waals surface area (Å²) in [5, 5.41) is 0. The fraction of sp³-hybridized carbons (Fsp3) is 0.588. The van der Waals surface area contributed by atoms with Crippen LogP contribution in [0.15, 0.2) is 24.3 Å². The van der Waals surface area contributed by atoms with Gasteiger partial charge in [0.2, 0.25) is 5.91 Å². The van der Waals surface area contributed by atoms with Crippen molar-refractivity contribution in [2.75, 3.05) is 19.9 Å². The number of hydrogen-bond donors (Lipinski definition) is 0. The molecule has 0 N–H and O–H groups in total. The van der Waals surface area contributed by atoms with Gasteiger partial charge in [-0.3, -0.25) is 4.79 Å². The topological polar surface area (TPSA) is 63.7 Å². The van der Waals surface area contributed by atoms with Crippen molar-refractivity contribution in [1.82, 2.24) is 4.90 Å². The summed E-state index contributed by atoms with van der Waals surface area (Å²) < 4.78 is 29.7. The van der Waals surface area contributed by atoms with Gasteiger partial charge in [-0.05, 0) is 30.5 Å². The molecule has 0 aromatic heterocycles. The molecule has 2 rings (SSSR count). The first kappa shape index (κ1) is 17.8. The molecule has 1 aliphatic carbocycles. The van der Waals surface area contributed by atoms with E-state index in [0.717, 1.165) is 25.7 Å². The monoisotopic (exact) mass is 339 g/mol. The van der Waals surface area contributed by atoms with Crippen LogP contribution in [0.2, 0.25) is 0 Å². The van der Waals surface area contributed by atoms with Crippen LogP contribution in [0.4, 0.5) is 0 Å². The first-order valence-electron chi connectivity index (χ1n) is 8.00. The quantitative estimate of drug-likeness (QED) is 0.798. The number of carbonyl (C=O) groups is 1. The molecule has 0 saturated heterocycles. The third-order valence-electron chi connectivity index (χ3n) is 4.38. The summed E-state index contributed by atoms with van der Waals surface area (Å²) in [7, 11) is -0.230. The lowest BCUT2D eigenvalue weighted by atomic mass is 9.94. The normalized spacial score (nSPS) is 16.1. The summed E-state index contributed by atoms with van der Waals surface area (Å²) in [6.45, 7) is 0. The van der Waals surface area contributed by atoms with E-state index in [1.165, 1.54) is 13.5 Å². The lowest BCUT2D eigenvalue weighted by Crippen LogP contribution is -2.41. The maximum atomic E-state index is 12.3. The highest BCUT2D eigenvalue weighted by molar-refractivity contribution is 7.91. The maximum absolute atomic E-state index is 12.3. The van der Waals surface area contributed by atoms with Gasteiger partial charge in [0.25, 0.3) is 0 Å². The third kappa shape index (κ3) is 5.23. The Morgan fingerprint density at radius 2 is 1.96 bits per heavy atom. The van der Waals surface area contributed by atoms with Gasteiger partial charge >= 0.3 is 0 Å². The molecule has 1 fully saturated rings. The van der Waals surface area contributed by atoms with Gasteiger partial charge < -0.3 is 9.64 Å². The SMILES string of the molecule is COc1cccc(CS(=O)(=O)CC(=O)N(C)C2CCCCC2)c1. The van der Waals surface area contributed by atoms with Crippen LogP contribution in [0, 0.1) is 0 Å². The molecule has 1 aromatic carbocycles. The van der Waals surface area contributed by atoms with E-state index in [0.29, 0.717) is 11.3 Å². The Morgan fingerprint density at radius 3 is 2.61 bits per heavy atom. The number of benzene rings is 1. The van der Waals surface area contributed by atoms with E-state index in [1.54, 1.807) is 36.2 Å². The molecular weight excluding hydrogens is 314 g/mol. The molecule has 0 atom stereocenters. The smallest absolute Gasteiger partial charge is 0.237 e. The fourth-order valence-electron chi connectivity index (χ4n) is 3.03. The van der Waals surface area contributed by atoms with Crippen LogP contribution in [0.1, 0.15) is 37.7 Å². The average Bonchev–Trinajstić information content (AvgIpc) is 2.54. The second-order valence-corrected chi connectivity index (χ2v) is 8.24. The standard InChI is InChI=1S/C17H25NO4S/c1-18(15-8-4-3-5-9-15)17(19)13-23(20,21)12-14-7-6-10-16(11-14)22-2/h6-7,10-11,15H,3-5,8-9,12-13H2,1-2H3. The van der Waals surface area contributed by atoms with Gasteiger partial charge in [-0.2, -0.15) is 0 Å². The van der Waals surface area contributed by atoms with Crippen LogP contribution in [0.25, 0.3) is 0 Å². The van der Waals surface area contributed by atoms with Crippen molar-refractivity contribution in [3.63, 3.8) is 0 Å². The average molecular weight is 339 g/mol. The molecule has 0 unspecified atom stereocenters. The van der Waals surface area contributed by atoms with Gasteiger partial charge in [0.1, 0.15) is 11.5 Å². The van der Waals surface area contributed by atoms with Gasteiger partial charge in [-0.15, -0.1) is 0 Å². The lowest BCUT2D eigenvalue weighted by molar-refractivity contribution is -0.129. The second kappa shape index (κ2) is 7.81. The van der Waals surface area contributed by atoms with Crippen molar-refractivity contribution < 1.29 is 17.9 Å². The molecule has 1 aromatic rings. The summed E-state index contributed by atoms with van der Waals surface area (Å²) in [6, 6.07) is 7.11. The van der Waals surface area contributed by atoms with Gasteiger partial charge in [-0.1, -0.05) is 31.4 Å². The van der Waals surface area contributed by atoms with E-state index in [-0.39, 0.29) is 17.7 Å². The number of carbonyl (C=O) groups excluding carboxylic acids is 1. The Bertz CT molecular complexity index is 636. The Balaban J connectivity index is 1.97. The number of sulfone groups is 1. The van der Waals surface area contributed by atoms with Gasteiger partial charge in [0, 0.05) is 13.1 Å². The second-order valence-electron chi connectivity index (χ2n) is 6.18. The molecule has 5 nitrogen and oxygen atoms in total. The Hall–Kier alpha value is -1.56. The van der Waals surface area contributed by atoms with Crippen molar-refractivity contribution >= 4 is 15.7 Å². The first-order valence-corrected chi connectivity index (χ1v) is 9.82. The molecule has 1 saturated carbocycles. The molecular formula is C17H25NO4S. The Kier molecular flexibility index (Phi) is 6.04. The van der Waals surface area contributed by atoms with E-state index >= 15 is 0 Å². The molecule has 1 aliphatic rings. The van der Waals surface area contributed by atoms with Crippen molar-refractivity contribution in [2.24, 2.45) is 0 Å². The number of rotatable bonds is 6. The highest BCUT2D eigenvalue weighted by Gasteiger charge is 2.26. The zero-order chi connectivity index (χ0) is 16.9. The number of amides is 1. The molecule has 0 spiro atoms. The highest BCUT2D eigenvalue weighted by Crippen LogP contribution is 2.22. The van der Waals surface area contributed by atoms with Crippen molar-refractivity contribution in [3.8, 4) is 5.75 Å². The highest BCUT2D eigenvalue weighted by atomic mass is 32.2. The molecule has 0 radical (unpaired) electrons. The van der Waals surface area contributed by atoms with Gasteiger partial charge in [-0.25, -0.2) is 8.42 Å². The van der Waals surface area contributed by atoms with E-state index in [1.807, 2.05) is 0 Å². The first-order chi connectivity index (χ1) is 10.9. The predicted molar refractivity (Wildman–Crippen MR) is 90.1 cm³/mol. The minimum atomic E-state index is -3.49. The van der Waals surface area contributed by atoms with Crippen LogP contribution in [-0.4, -0.2) is 45.2 Å². The number of methoxy groups -OCH3 is 1. The van der Waals surface area contributed by atoms with Crippen molar-refractivity contribution in [2.45, 2.75) is 43.9 Å². The largest absolute Gasteiger partial charge is 0.497 e. The van der Waals surface area contributed by atoms with Crippen LogP contribution >= 0.6 is 0 Å². The number of ether oxygens (including phenoxy) is 1. The summed E-state index contributed by atoms with van der Waals surface area (Å²) in [5.41, 5.74) is 0.637. The number of nitrogens with zero attached hydrogens (tertiary/aromatic N) is 1. The molecule has 6 heteroatoms. The summed E-state index contributed by atoms with van der Waals surface area (Å²) >= 11 is 0. The van der Waals surface area contributed by atoms with Crippen molar-refractivity contribution in [1.29, 1.82) is 0 Å². The molecule has 0 aliphatic heterocycles. The van der Waals surface area contributed by atoms with E-state index < -0.39 is 15.6 Å². The van der Waals surface area contributed by atoms with Crippen molar-refractivity contribution in [3.05, 3.63) is 29.8 Å². The van der Waals surface area contributed by atoms with Crippen LogP contribution in [0.3, 0.4) is 0 Å². The van der Waals surface area contributed by atoms with Gasteiger partial charge in [0.05, 0.1) is 12.9 Å². The fourth-order valence-corrected chi connectivity index (χ4v) is 4.40. The van der Waals surface area contributed by atoms with E-state index in [2.05, 4.69) is 0 Å². The van der Waals surface area contributed by atoms with E-state index in [4.69, 9.17) is 4.74 Å². The maximum Gasteiger partial charge on any atom is 0.237 e. The van der Waals surface area contributed by atoms with E-state index in [9.17, 15) is 13.2 Å². The van der Waals surface area contributed by atoms with Crippen LogP contribution in [-0.2, 0) is 20.4 Å².